The van der Waals surface area contributed by atoms with Crippen molar-refractivity contribution >= 4 is 17.6 Å². The summed E-state index contributed by atoms with van der Waals surface area (Å²) in [6.07, 6.45) is 3.06. The quantitative estimate of drug-likeness (QED) is 0.719. The fourth-order valence-corrected chi connectivity index (χ4v) is 3.56. The van der Waals surface area contributed by atoms with Crippen LogP contribution in [-0.4, -0.2) is 38.7 Å². The summed E-state index contributed by atoms with van der Waals surface area (Å²) in [5, 5.41) is 0. The minimum absolute atomic E-state index is 0.0793. The van der Waals surface area contributed by atoms with Gasteiger partial charge in [0, 0.05) is 19.8 Å². The van der Waals surface area contributed by atoms with E-state index in [1.807, 2.05) is 31.1 Å². The van der Waals surface area contributed by atoms with Crippen molar-refractivity contribution in [2.45, 2.75) is 46.1 Å². The van der Waals surface area contributed by atoms with Gasteiger partial charge in [-0.2, -0.15) is 0 Å². The van der Waals surface area contributed by atoms with Crippen molar-refractivity contribution in [2.75, 3.05) is 25.6 Å². The summed E-state index contributed by atoms with van der Waals surface area (Å²) >= 11 is 0. The van der Waals surface area contributed by atoms with Gasteiger partial charge in [-0.15, -0.1) is 0 Å². The van der Waals surface area contributed by atoms with E-state index in [1.165, 1.54) is 6.42 Å². The number of esters is 2. The molecule has 0 aliphatic heterocycles. The highest BCUT2D eigenvalue weighted by molar-refractivity contribution is 5.91. The largest absolute Gasteiger partial charge is 0.460 e. The number of benzene rings is 1. The minimum Gasteiger partial charge on any atom is -0.460 e. The topological polar surface area (TPSA) is 55.8 Å². The minimum atomic E-state index is -0.510. The third-order valence-corrected chi connectivity index (χ3v) is 5.18. The zero-order valence-electron chi connectivity index (χ0n) is 16.5. The van der Waals surface area contributed by atoms with Crippen LogP contribution in [-0.2, 0) is 14.3 Å². The van der Waals surface area contributed by atoms with Crippen molar-refractivity contribution in [1.82, 2.24) is 0 Å². The number of carbonyl (C=O) groups is 2. The van der Waals surface area contributed by atoms with Gasteiger partial charge in [0.1, 0.15) is 6.10 Å². The molecule has 0 aromatic heterocycles. The Bertz CT molecular complexity index is 609. The van der Waals surface area contributed by atoms with Crippen molar-refractivity contribution in [1.29, 1.82) is 0 Å². The van der Waals surface area contributed by atoms with E-state index in [2.05, 4.69) is 20.8 Å². The highest BCUT2D eigenvalue weighted by Crippen LogP contribution is 2.35. The van der Waals surface area contributed by atoms with Gasteiger partial charge in [-0.05, 0) is 54.9 Å². The molecule has 0 saturated heterocycles. The van der Waals surface area contributed by atoms with Crippen LogP contribution in [0.5, 0.6) is 0 Å². The van der Waals surface area contributed by atoms with E-state index in [4.69, 9.17) is 9.47 Å². The Morgan fingerprint density at radius 2 is 1.81 bits per heavy atom. The molecule has 1 aromatic rings. The molecule has 0 amide bonds. The van der Waals surface area contributed by atoms with Gasteiger partial charge in [-0.3, -0.25) is 0 Å². The Morgan fingerprint density at radius 3 is 2.38 bits per heavy atom. The average molecular weight is 361 g/mol. The van der Waals surface area contributed by atoms with Crippen LogP contribution in [0, 0.1) is 17.8 Å². The zero-order valence-corrected chi connectivity index (χ0v) is 16.5. The molecule has 2 rings (SSSR count). The highest BCUT2D eigenvalue weighted by Gasteiger charge is 2.33. The second-order valence-corrected chi connectivity index (χ2v) is 7.87. The molecule has 1 aliphatic carbocycles. The summed E-state index contributed by atoms with van der Waals surface area (Å²) in [7, 11) is 3.86. The third kappa shape index (κ3) is 5.48. The molecule has 0 unspecified atom stereocenters. The first-order valence-electron chi connectivity index (χ1n) is 9.42. The van der Waals surface area contributed by atoms with Gasteiger partial charge < -0.3 is 14.4 Å². The Labute approximate surface area is 156 Å². The lowest BCUT2D eigenvalue weighted by Gasteiger charge is -2.36. The molecule has 0 radical (unpaired) electrons. The summed E-state index contributed by atoms with van der Waals surface area (Å²) < 4.78 is 10.8. The first-order valence-corrected chi connectivity index (χ1v) is 9.42. The average Bonchev–Trinajstić information content (AvgIpc) is 2.59. The van der Waals surface area contributed by atoms with Crippen LogP contribution in [0.15, 0.2) is 24.3 Å². The van der Waals surface area contributed by atoms with Crippen molar-refractivity contribution in [3.8, 4) is 0 Å². The molecule has 1 fully saturated rings. The molecule has 1 aromatic carbocycles. The van der Waals surface area contributed by atoms with Crippen LogP contribution < -0.4 is 4.90 Å². The molecule has 1 aliphatic rings. The summed E-state index contributed by atoms with van der Waals surface area (Å²) in [4.78, 5) is 26.2. The maximum absolute atomic E-state index is 12.2. The first kappa shape index (κ1) is 20.3. The molecular formula is C21H31NO4. The molecule has 1 saturated carbocycles. The van der Waals surface area contributed by atoms with Crippen molar-refractivity contribution in [2.24, 2.45) is 17.8 Å². The van der Waals surface area contributed by atoms with E-state index < -0.39 is 11.9 Å². The van der Waals surface area contributed by atoms with E-state index in [-0.39, 0.29) is 12.7 Å². The van der Waals surface area contributed by atoms with Crippen LogP contribution in [0.2, 0.25) is 0 Å². The normalized spacial score (nSPS) is 22.8. The predicted octanol–water partition coefficient (Wildman–Crippen LogP) is 3.91. The van der Waals surface area contributed by atoms with Gasteiger partial charge >= 0.3 is 11.9 Å². The van der Waals surface area contributed by atoms with Gasteiger partial charge in [0.25, 0.3) is 0 Å². The van der Waals surface area contributed by atoms with E-state index in [9.17, 15) is 9.59 Å². The van der Waals surface area contributed by atoms with Crippen molar-refractivity contribution in [3.63, 3.8) is 0 Å². The fourth-order valence-electron chi connectivity index (χ4n) is 3.56. The SMILES string of the molecule is CC(C)[C@H]1CC[C@H](C)C[C@H]1OC(=O)COC(=O)c1ccc(N(C)C)cc1. The van der Waals surface area contributed by atoms with Gasteiger partial charge in [-0.25, -0.2) is 9.59 Å². The van der Waals surface area contributed by atoms with Gasteiger partial charge in [0.2, 0.25) is 0 Å². The molecule has 3 atom stereocenters. The van der Waals surface area contributed by atoms with Crippen molar-refractivity contribution in [3.05, 3.63) is 29.8 Å². The van der Waals surface area contributed by atoms with Gasteiger partial charge in [0.05, 0.1) is 5.56 Å². The van der Waals surface area contributed by atoms with Crippen LogP contribution in [0.3, 0.4) is 0 Å². The molecule has 0 spiro atoms. The number of ether oxygens (including phenoxy) is 2. The summed E-state index contributed by atoms with van der Waals surface area (Å²) in [6.45, 7) is 6.18. The standard InChI is InChI=1S/C21H31NO4/c1-14(2)18-11-6-15(3)12-19(18)26-20(23)13-25-21(24)16-7-9-17(10-8-16)22(4)5/h7-10,14-15,18-19H,6,11-13H2,1-5H3/t15-,18+,19+/m0/s1. The monoisotopic (exact) mass is 361 g/mol. The molecule has 144 valence electrons. The predicted molar refractivity (Wildman–Crippen MR) is 102 cm³/mol. The lowest BCUT2D eigenvalue weighted by molar-refractivity contribution is -0.159. The van der Waals surface area contributed by atoms with E-state index in [0.29, 0.717) is 23.3 Å². The van der Waals surface area contributed by atoms with E-state index >= 15 is 0 Å². The van der Waals surface area contributed by atoms with Crippen LogP contribution >= 0.6 is 0 Å². The second kappa shape index (κ2) is 9.06. The number of hydrogen-bond donors (Lipinski definition) is 0. The van der Waals surface area contributed by atoms with E-state index in [1.54, 1.807) is 12.1 Å². The Morgan fingerprint density at radius 1 is 1.15 bits per heavy atom. The first-order chi connectivity index (χ1) is 12.3. The smallest absolute Gasteiger partial charge is 0.344 e. The van der Waals surface area contributed by atoms with Crippen molar-refractivity contribution < 1.29 is 19.1 Å². The number of rotatable bonds is 6. The second-order valence-electron chi connectivity index (χ2n) is 7.87. The Balaban J connectivity index is 1.86. The maximum atomic E-state index is 12.2. The number of anilines is 1. The Hall–Kier alpha value is -2.04. The van der Waals surface area contributed by atoms with Crippen LogP contribution in [0.1, 0.15) is 50.4 Å². The van der Waals surface area contributed by atoms with E-state index in [0.717, 1.165) is 18.5 Å². The Kier molecular flexibility index (Phi) is 7.06. The summed E-state index contributed by atoms with van der Waals surface area (Å²) in [6, 6.07) is 7.07. The van der Waals surface area contributed by atoms with Crippen LogP contribution in [0.25, 0.3) is 0 Å². The molecule has 0 heterocycles. The highest BCUT2D eigenvalue weighted by atomic mass is 16.6. The van der Waals surface area contributed by atoms with Crippen LogP contribution in [0.4, 0.5) is 5.69 Å². The molecule has 0 N–H and O–H groups in total. The number of nitrogens with zero attached hydrogens (tertiary/aromatic N) is 1. The van der Waals surface area contributed by atoms with Gasteiger partial charge in [-0.1, -0.05) is 27.2 Å². The zero-order chi connectivity index (χ0) is 19.3. The fraction of sp³-hybridized carbons (Fsp3) is 0.619. The summed E-state index contributed by atoms with van der Waals surface area (Å²) in [5.74, 6) is 0.431. The summed E-state index contributed by atoms with van der Waals surface area (Å²) in [5.41, 5.74) is 1.42. The molecular weight excluding hydrogens is 330 g/mol. The maximum Gasteiger partial charge on any atom is 0.344 e. The number of carbonyl (C=O) groups excluding carboxylic acids is 2. The lowest BCUT2D eigenvalue weighted by atomic mass is 9.75. The molecule has 5 nitrogen and oxygen atoms in total. The molecule has 5 heteroatoms. The lowest BCUT2D eigenvalue weighted by Crippen LogP contribution is -2.36. The molecule has 26 heavy (non-hydrogen) atoms. The van der Waals surface area contributed by atoms with Gasteiger partial charge in [0.15, 0.2) is 6.61 Å². The third-order valence-electron chi connectivity index (χ3n) is 5.18. The number of hydrogen-bond acceptors (Lipinski definition) is 5. The molecule has 0 bridgehead atoms.